The molecule has 0 bridgehead atoms. The lowest BCUT2D eigenvalue weighted by Crippen LogP contribution is -2.34. The molecule has 0 aromatic heterocycles. The van der Waals surface area contributed by atoms with Crippen molar-refractivity contribution in [1.82, 2.24) is 0 Å². The van der Waals surface area contributed by atoms with E-state index < -0.39 is 0 Å². The minimum absolute atomic E-state index is 0.171. The molecule has 0 amide bonds. The van der Waals surface area contributed by atoms with Crippen LogP contribution >= 0.6 is 11.6 Å². The Morgan fingerprint density at radius 3 is 2.77 bits per heavy atom. The van der Waals surface area contributed by atoms with Gasteiger partial charge in [-0.15, -0.1) is 11.6 Å². The minimum atomic E-state index is -0.265. The zero-order chi connectivity index (χ0) is 9.26. The quantitative estimate of drug-likeness (QED) is 0.667. The van der Waals surface area contributed by atoms with Crippen molar-refractivity contribution in [1.29, 1.82) is 0 Å². The van der Waals surface area contributed by atoms with E-state index in [1.54, 1.807) is 12.1 Å². The molecule has 0 heterocycles. The van der Waals surface area contributed by atoms with E-state index in [0.29, 0.717) is 5.75 Å². The summed E-state index contributed by atoms with van der Waals surface area (Å²) in [5.41, 5.74) is 0. The number of benzene rings is 1. The Kier molecular flexibility index (Phi) is 2.40. The van der Waals surface area contributed by atoms with Gasteiger partial charge in [0.15, 0.2) is 0 Å². The molecule has 0 aliphatic heterocycles. The van der Waals surface area contributed by atoms with E-state index in [2.05, 4.69) is 0 Å². The van der Waals surface area contributed by atoms with Gasteiger partial charge in [0, 0.05) is 24.3 Å². The third kappa shape index (κ3) is 2.13. The van der Waals surface area contributed by atoms with Crippen LogP contribution in [0, 0.1) is 5.82 Å². The summed E-state index contributed by atoms with van der Waals surface area (Å²) in [6.45, 7) is 0. The van der Waals surface area contributed by atoms with Crippen molar-refractivity contribution in [3.8, 4) is 5.75 Å². The second-order valence-corrected chi connectivity index (χ2v) is 3.88. The molecular weight excluding hydrogens is 191 g/mol. The first-order chi connectivity index (χ1) is 6.24. The number of hydrogen-bond acceptors (Lipinski definition) is 1. The fraction of sp³-hybridized carbons (Fsp3) is 0.400. The van der Waals surface area contributed by atoms with Crippen molar-refractivity contribution in [3.63, 3.8) is 0 Å². The van der Waals surface area contributed by atoms with Crippen LogP contribution in [0.2, 0.25) is 0 Å². The van der Waals surface area contributed by atoms with Gasteiger partial charge in [-0.05, 0) is 12.1 Å². The fourth-order valence-electron chi connectivity index (χ4n) is 1.33. The lowest BCUT2D eigenvalue weighted by molar-refractivity contribution is 0.123. The van der Waals surface area contributed by atoms with Crippen molar-refractivity contribution >= 4 is 11.6 Å². The second kappa shape index (κ2) is 3.54. The van der Waals surface area contributed by atoms with Crippen LogP contribution in [0.4, 0.5) is 4.39 Å². The predicted octanol–water partition coefficient (Wildman–Crippen LogP) is 2.97. The zero-order valence-corrected chi connectivity index (χ0v) is 7.80. The summed E-state index contributed by atoms with van der Waals surface area (Å²) in [6.07, 6.45) is 1.89. The van der Waals surface area contributed by atoms with Gasteiger partial charge < -0.3 is 4.74 Å². The number of rotatable bonds is 2. The van der Waals surface area contributed by atoms with Gasteiger partial charge in [0.25, 0.3) is 0 Å². The van der Waals surface area contributed by atoms with Gasteiger partial charge in [-0.1, -0.05) is 6.07 Å². The number of ether oxygens (including phenoxy) is 1. The Bertz CT molecular complexity index is 297. The largest absolute Gasteiger partial charge is 0.490 e. The molecule has 1 nitrogen and oxygen atoms in total. The van der Waals surface area contributed by atoms with Gasteiger partial charge in [0.1, 0.15) is 17.7 Å². The van der Waals surface area contributed by atoms with Crippen LogP contribution in [0.3, 0.4) is 0 Å². The smallest absolute Gasteiger partial charge is 0.126 e. The molecule has 0 atom stereocenters. The maximum absolute atomic E-state index is 12.7. The Balaban J connectivity index is 1.94. The van der Waals surface area contributed by atoms with Crippen LogP contribution in [0.5, 0.6) is 5.75 Å². The lowest BCUT2D eigenvalue weighted by Gasteiger charge is -2.31. The van der Waals surface area contributed by atoms with E-state index >= 15 is 0 Å². The Morgan fingerprint density at radius 1 is 1.38 bits per heavy atom. The highest BCUT2D eigenvalue weighted by molar-refractivity contribution is 6.21. The van der Waals surface area contributed by atoms with Gasteiger partial charge in [-0.3, -0.25) is 0 Å². The Labute approximate surface area is 81.5 Å². The molecular formula is C10H10ClFO. The van der Waals surface area contributed by atoms with Gasteiger partial charge in [0.2, 0.25) is 0 Å². The fourth-order valence-corrected chi connectivity index (χ4v) is 1.73. The SMILES string of the molecule is Fc1cccc(OC2CC(Cl)C2)c1. The molecule has 1 aliphatic rings. The summed E-state index contributed by atoms with van der Waals surface area (Å²) in [7, 11) is 0. The summed E-state index contributed by atoms with van der Waals surface area (Å²) >= 11 is 5.79. The first kappa shape index (κ1) is 8.82. The molecule has 13 heavy (non-hydrogen) atoms. The van der Waals surface area contributed by atoms with Gasteiger partial charge in [0.05, 0.1) is 0 Å². The molecule has 1 saturated carbocycles. The van der Waals surface area contributed by atoms with Crippen molar-refractivity contribution in [3.05, 3.63) is 30.1 Å². The van der Waals surface area contributed by atoms with Gasteiger partial charge in [-0.2, -0.15) is 0 Å². The number of halogens is 2. The van der Waals surface area contributed by atoms with Crippen LogP contribution in [-0.4, -0.2) is 11.5 Å². The molecule has 0 saturated heterocycles. The zero-order valence-electron chi connectivity index (χ0n) is 7.04. The minimum Gasteiger partial charge on any atom is -0.490 e. The number of alkyl halides is 1. The van der Waals surface area contributed by atoms with Crippen LogP contribution in [0.1, 0.15) is 12.8 Å². The lowest BCUT2D eigenvalue weighted by atomic mass is 9.95. The Hall–Kier alpha value is -0.760. The van der Waals surface area contributed by atoms with Crippen molar-refractivity contribution in [2.75, 3.05) is 0 Å². The summed E-state index contributed by atoms with van der Waals surface area (Å²) in [4.78, 5) is 0. The van der Waals surface area contributed by atoms with Crippen LogP contribution in [-0.2, 0) is 0 Å². The molecule has 0 unspecified atom stereocenters. The molecule has 1 fully saturated rings. The van der Waals surface area contributed by atoms with Crippen molar-refractivity contribution in [2.24, 2.45) is 0 Å². The normalized spacial score (nSPS) is 26.6. The average molecular weight is 201 g/mol. The molecule has 3 heteroatoms. The highest BCUT2D eigenvalue weighted by Gasteiger charge is 2.28. The Morgan fingerprint density at radius 2 is 2.15 bits per heavy atom. The van der Waals surface area contributed by atoms with Crippen molar-refractivity contribution < 1.29 is 9.13 Å². The van der Waals surface area contributed by atoms with E-state index in [0.717, 1.165) is 12.8 Å². The number of hydrogen-bond donors (Lipinski definition) is 0. The standard InChI is InChI=1S/C10H10ClFO/c11-7-4-10(5-7)13-9-3-1-2-8(12)6-9/h1-3,6-7,10H,4-5H2. The molecule has 0 spiro atoms. The molecule has 1 aliphatic carbocycles. The summed E-state index contributed by atoms with van der Waals surface area (Å²) < 4.78 is 18.2. The van der Waals surface area contributed by atoms with E-state index in [1.165, 1.54) is 12.1 Å². The van der Waals surface area contributed by atoms with E-state index in [9.17, 15) is 4.39 Å². The molecule has 0 N–H and O–H groups in total. The first-order valence-corrected chi connectivity index (χ1v) is 4.74. The third-order valence-electron chi connectivity index (χ3n) is 2.14. The summed E-state index contributed by atoms with van der Waals surface area (Å²) in [5, 5.41) is 0.235. The molecule has 70 valence electrons. The molecule has 1 aromatic rings. The van der Waals surface area contributed by atoms with Gasteiger partial charge in [-0.25, -0.2) is 4.39 Å². The van der Waals surface area contributed by atoms with E-state index in [1.807, 2.05) is 0 Å². The molecule has 0 radical (unpaired) electrons. The van der Waals surface area contributed by atoms with Crippen molar-refractivity contribution in [2.45, 2.75) is 24.3 Å². The molecule has 1 aromatic carbocycles. The van der Waals surface area contributed by atoms with Gasteiger partial charge >= 0.3 is 0 Å². The highest BCUT2D eigenvalue weighted by atomic mass is 35.5. The predicted molar refractivity (Wildman–Crippen MR) is 49.7 cm³/mol. The highest BCUT2D eigenvalue weighted by Crippen LogP contribution is 2.29. The van der Waals surface area contributed by atoms with E-state index in [-0.39, 0.29) is 17.3 Å². The van der Waals surface area contributed by atoms with Crippen LogP contribution in [0.25, 0.3) is 0 Å². The monoisotopic (exact) mass is 200 g/mol. The van der Waals surface area contributed by atoms with E-state index in [4.69, 9.17) is 16.3 Å². The average Bonchev–Trinajstić information content (AvgIpc) is 2.01. The summed E-state index contributed by atoms with van der Waals surface area (Å²) in [6, 6.07) is 6.19. The maximum Gasteiger partial charge on any atom is 0.126 e. The maximum atomic E-state index is 12.7. The summed E-state index contributed by atoms with van der Waals surface area (Å²) in [5.74, 6) is 0.327. The van der Waals surface area contributed by atoms with Crippen LogP contribution in [0.15, 0.2) is 24.3 Å². The second-order valence-electron chi connectivity index (χ2n) is 3.27. The topological polar surface area (TPSA) is 9.23 Å². The molecule has 2 rings (SSSR count). The first-order valence-electron chi connectivity index (χ1n) is 4.30. The van der Waals surface area contributed by atoms with Crippen LogP contribution < -0.4 is 4.74 Å². The third-order valence-corrected chi connectivity index (χ3v) is 2.49.